The van der Waals surface area contributed by atoms with E-state index in [1.807, 2.05) is 0 Å². The molecule has 0 aliphatic heterocycles. The highest BCUT2D eigenvalue weighted by atomic mass is 19.4. The number of carbonyl (C=O) groups excluding carboxylic acids is 2. The van der Waals surface area contributed by atoms with Gasteiger partial charge in [-0.05, 0) is 36.8 Å². The third-order valence-electron chi connectivity index (χ3n) is 3.91. The molecule has 0 saturated heterocycles. The standard InChI is InChI=1S/C19H18F3N3O5/c1-2-24(18(27)19(20,21)22)11-13-4-3-5-14(10-13)23-17(26)12-30-16-8-6-15(7-9-16)25(28)29/h3-10H,2,11-12H2,1H3,(H,23,26). The Morgan fingerprint density at radius 2 is 1.83 bits per heavy atom. The maximum Gasteiger partial charge on any atom is 0.471 e. The van der Waals surface area contributed by atoms with E-state index >= 15 is 0 Å². The second-order valence-corrected chi connectivity index (χ2v) is 6.11. The molecule has 0 radical (unpaired) electrons. The quantitative estimate of drug-likeness (QED) is 0.515. The second kappa shape index (κ2) is 9.72. The predicted octanol–water partition coefficient (Wildman–Crippen LogP) is 3.52. The number of anilines is 1. The van der Waals surface area contributed by atoms with Crippen molar-refractivity contribution in [2.45, 2.75) is 19.6 Å². The first-order valence-electron chi connectivity index (χ1n) is 8.72. The number of carbonyl (C=O) groups is 2. The van der Waals surface area contributed by atoms with Gasteiger partial charge in [0.2, 0.25) is 0 Å². The largest absolute Gasteiger partial charge is 0.484 e. The lowest BCUT2D eigenvalue weighted by Crippen LogP contribution is -2.40. The number of nitrogens with zero attached hydrogens (tertiary/aromatic N) is 2. The summed E-state index contributed by atoms with van der Waals surface area (Å²) in [4.78, 5) is 34.1. The molecule has 11 heteroatoms. The van der Waals surface area contributed by atoms with Gasteiger partial charge in [-0.2, -0.15) is 13.2 Å². The molecule has 160 valence electrons. The molecule has 0 heterocycles. The number of hydrogen-bond acceptors (Lipinski definition) is 5. The van der Waals surface area contributed by atoms with Crippen LogP contribution in [0, 0.1) is 10.1 Å². The zero-order valence-electron chi connectivity index (χ0n) is 15.8. The molecule has 0 aliphatic rings. The summed E-state index contributed by atoms with van der Waals surface area (Å²) >= 11 is 0. The van der Waals surface area contributed by atoms with E-state index in [1.165, 1.54) is 55.5 Å². The second-order valence-electron chi connectivity index (χ2n) is 6.11. The number of non-ortho nitro benzene ring substituents is 1. The summed E-state index contributed by atoms with van der Waals surface area (Å²) in [6.07, 6.45) is -4.96. The average molecular weight is 425 g/mol. The minimum atomic E-state index is -4.96. The number of amides is 2. The van der Waals surface area contributed by atoms with Crippen LogP contribution in [0.15, 0.2) is 48.5 Å². The summed E-state index contributed by atoms with van der Waals surface area (Å²) in [5.74, 6) is -2.21. The smallest absolute Gasteiger partial charge is 0.471 e. The first-order valence-corrected chi connectivity index (χ1v) is 8.72. The Morgan fingerprint density at radius 1 is 1.17 bits per heavy atom. The van der Waals surface area contributed by atoms with Crippen LogP contribution in [0.5, 0.6) is 5.75 Å². The summed E-state index contributed by atoms with van der Waals surface area (Å²) in [5.41, 5.74) is 0.609. The van der Waals surface area contributed by atoms with Crippen LogP contribution < -0.4 is 10.1 Å². The molecule has 0 atom stereocenters. The topological polar surface area (TPSA) is 102 Å². The van der Waals surface area contributed by atoms with Gasteiger partial charge >= 0.3 is 12.1 Å². The van der Waals surface area contributed by atoms with Gasteiger partial charge in [-0.25, -0.2) is 0 Å². The maximum absolute atomic E-state index is 12.6. The molecule has 0 fully saturated rings. The number of benzene rings is 2. The fourth-order valence-electron chi connectivity index (χ4n) is 2.48. The lowest BCUT2D eigenvalue weighted by Gasteiger charge is -2.22. The van der Waals surface area contributed by atoms with Crippen molar-refractivity contribution in [2.24, 2.45) is 0 Å². The van der Waals surface area contributed by atoms with Gasteiger partial charge in [-0.3, -0.25) is 19.7 Å². The molecular formula is C19H18F3N3O5. The van der Waals surface area contributed by atoms with Gasteiger partial charge in [0.15, 0.2) is 6.61 Å². The molecule has 1 N–H and O–H groups in total. The van der Waals surface area contributed by atoms with Crippen LogP contribution in [0.25, 0.3) is 0 Å². The van der Waals surface area contributed by atoms with Crippen LogP contribution >= 0.6 is 0 Å². The van der Waals surface area contributed by atoms with Crippen LogP contribution in [-0.2, 0) is 16.1 Å². The molecule has 2 aromatic rings. The summed E-state index contributed by atoms with van der Waals surface area (Å²) in [6.45, 7) is 0.663. The Bertz CT molecular complexity index is 916. The zero-order chi connectivity index (χ0) is 22.3. The highest BCUT2D eigenvalue weighted by Gasteiger charge is 2.41. The van der Waals surface area contributed by atoms with E-state index in [9.17, 15) is 32.9 Å². The zero-order valence-corrected chi connectivity index (χ0v) is 15.8. The molecule has 0 aliphatic carbocycles. The molecule has 2 rings (SSSR count). The number of nitrogens with one attached hydrogen (secondary N) is 1. The van der Waals surface area contributed by atoms with Crippen molar-refractivity contribution in [3.63, 3.8) is 0 Å². The molecule has 2 aromatic carbocycles. The van der Waals surface area contributed by atoms with Crippen LogP contribution in [0.1, 0.15) is 12.5 Å². The van der Waals surface area contributed by atoms with E-state index in [0.717, 1.165) is 0 Å². The molecule has 2 amide bonds. The third-order valence-corrected chi connectivity index (χ3v) is 3.91. The van der Waals surface area contributed by atoms with Crippen LogP contribution in [0.2, 0.25) is 0 Å². The van der Waals surface area contributed by atoms with Crippen molar-refractivity contribution in [1.82, 2.24) is 4.90 Å². The molecule has 0 unspecified atom stereocenters. The molecule has 0 bridgehead atoms. The number of nitro groups is 1. The Hall–Kier alpha value is -3.63. The van der Waals surface area contributed by atoms with Crippen molar-refractivity contribution in [3.05, 3.63) is 64.2 Å². The first kappa shape index (κ1) is 22.7. The molecule has 30 heavy (non-hydrogen) atoms. The van der Waals surface area contributed by atoms with Crippen LogP contribution in [0.4, 0.5) is 24.5 Å². The van der Waals surface area contributed by atoms with Crippen molar-refractivity contribution in [3.8, 4) is 5.75 Å². The third kappa shape index (κ3) is 6.47. The monoisotopic (exact) mass is 425 g/mol. The molecule has 0 saturated carbocycles. The Labute approximate surface area is 169 Å². The Balaban J connectivity index is 1.94. The molecule has 0 spiro atoms. The lowest BCUT2D eigenvalue weighted by molar-refractivity contribution is -0.384. The van der Waals surface area contributed by atoms with E-state index in [1.54, 1.807) is 0 Å². The summed E-state index contributed by atoms with van der Waals surface area (Å²) in [6, 6.07) is 11.2. The lowest BCUT2D eigenvalue weighted by atomic mass is 10.2. The molecule has 8 nitrogen and oxygen atoms in total. The van der Waals surface area contributed by atoms with E-state index < -0.39 is 22.9 Å². The Kier molecular flexibility index (Phi) is 7.34. The van der Waals surface area contributed by atoms with Crippen molar-refractivity contribution in [1.29, 1.82) is 0 Å². The minimum absolute atomic E-state index is 0.117. The van der Waals surface area contributed by atoms with E-state index in [-0.39, 0.29) is 31.1 Å². The fourth-order valence-corrected chi connectivity index (χ4v) is 2.48. The fraction of sp³-hybridized carbons (Fsp3) is 0.263. The van der Waals surface area contributed by atoms with E-state index in [4.69, 9.17) is 4.74 Å². The average Bonchev–Trinajstić information content (AvgIpc) is 2.70. The highest BCUT2D eigenvalue weighted by Crippen LogP contribution is 2.21. The van der Waals surface area contributed by atoms with Gasteiger partial charge in [0.05, 0.1) is 4.92 Å². The van der Waals surface area contributed by atoms with Gasteiger partial charge < -0.3 is 15.0 Å². The van der Waals surface area contributed by atoms with Crippen LogP contribution in [-0.4, -0.2) is 41.0 Å². The Morgan fingerprint density at radius 3 is 2.40 bits per heavy atom. The van der Waals surface area contributed by atoms with Crippen molar-refractivity contribution >= 4 is 23.2 Å². The first-order chi connectivity index (χ1) is 14.1. The predicted molar refractivity (Wildman–Crippen MR) is 101 cm³/mol. The van der Waals surface area contributed by atoms with E-state index in [2.05, 4.69) is 5.32 Å². The SMILES string of the molecule is CCN(Cc1cccc(NC(=O)COc2ccc([N+](=O)[O-])cc2)c1)C(=O)C(F)(F)F. The molecular weight excluding hydrogens is 407 g/mol. The normalized spacial score (nSPS) is 10.9. The van der Waals surface area contributed by atoms with Gasteiger partial charge in [0.1, 0.15) is 5.75 Å². The van der Waals surface area contributed by atoms with Crippen LogP contribution in [0.3, 0.4) is 0 Å². The highest BCUT2D eigenvalue weighted by molar-refractivity contribution is 5.92. The molecule has 0 aromatic heterocycles. The number of rotatable bonds is 8. The number of alkyl halides is 3. The minimum Gasteiger partial charge on any atom is -0.484 e. The summed E-state index contributed by atoms with van der Waals surface area (Å²) < 4.78 is 43.1. The summed E-state index contributed by atoms with van der Waals surface area (Å²) in [7, 11) is 0. The number of hydrogen-bond donors (Lipinski definition) is 1. The van der Waals surface area contributed by atoms with Gasteiger partial charge in [-0.15, -0.1) is 0 Å². The maximum atomic E-state index is 12.6. The number of nitro benzene ring substituents is 1. The summed E-state index contributed by atoms with van der Waals surface area (Å²) in [5, 5.41) is 13.1. The van der Waals surface area contributed by atoms with E-state index in [0.29, 0.717) is 16.2 Å². The van der Waals surface area contributed by atoms with Crippen molar-refractivity contribution in [2.75, 3.05) is 18.5 Å². The van der Waals surface area contributed by atoms with Crippen molar-refractivity contribution < 1.29 is 32.4 Å². The van der Waals surface area contributed by atoms with Gasteiger partial charge in [-0.1, -0.05) is 12.1 Å². The van der Waals surface area contributed by atoms with Gasteiger partial charge in [0, 0.05) is 30.9 Å². The number of halogens is 3. The van der Waals surface area contributed by atoms with Gasteiger partial charge in [0.25, 0.3) is 11.6 Å². The number of ether oxygens (including phenoxy) is 1.